The normalized spacial score (nSPS) is 10.9. The average Bonchev–Trinajstić information content (AvgIpc) is 2.35. The van der Waals surface area contributed by atoms with Crippen LogP contribution >= 0.6 is 24.0 Å². The third kappa shape index (κ3) is 5.66. The van der Waals surface area contributed by atoms with Crippen molar-refractivity contribution in [1.29, 1.82) is 0 Å². The number of aliphatic imine (C=N–C) groups is 1. The van der Waals surface area contributed by atoms with Crippen LogP contribution in [0.4, 0.5) is 5.69 Å². The Labute approximate surface area is 142 Å². The van der Waals surface area contributed by atoms with Crippen LogP contribution in [0.2, 0.25) is 0 Å². The molecule has 0 fully saturated rings. The van der Waals surface area contributed by atoms with Gasteiger partial charge in [0.15, 0.2) is 5.96 Å². The molecule has 0 aliphatic carbocycles. The first-order valence-electron chi connectivity index (χ1n) is 6.48. The first-order chi connectivity index (χ1) is 9.52. The fourth-order valence-corrected chi connectivity index (χ4v) is 1.95. The van der Waals surface area contributed by atoms with Gasteiger partial charge in [-0.1, -0.05) is 12.1 Å². The Hall–Kier alpha value is -1.70. The molecule has 0 unspecified atom stereocenters. The minimum absolute atomic E-state index is 0. The number of nitrogens with zero attached hydrogens (tertiary/aromatic N) is 3. The largest absolute Gasteiger partial charge is 0.370 e. The highest BCUT2D eigenvalue weighted by atomic mass is 127. The Bertz CT molecular complexity index is 619. The van der Waals surface area contributed by atoms with Crippen molar-refractivity contribution in [2.45, 2.75) is 27.3 Å². The topological polar surface area (TPSA) is 76.2 Å². The molecular weight excluding hydrogens is 377 g/mol. The third-order valence-corrected chi connectivity index (χ3v) is 2.72. The van der Waals surface area contributed by atoms with E-state index in [0.29, 0.717) is 12.5 Å². The summed E-state index contributed by atoms with van der Waals surface area (Å²) in [6, 6.07) is 9.89. The Kier molecular flexibility index (Phi) is 6.54. The molecule has 112 valence electrons. The molecule has 0 atom stereocenters. The molecule has 0 saturated heterocycles. The number of nitrogens with one attached hydrogen (secondary N) is 1. The summed E-state index contributed by atoms with van der Waals surface area (Å²) < 4.78 is 0. The maximum Gasteiger partial charge on any atom is 0.193 e. The molecule has 2 rings (SSSR count). The van der Waals surface area contributed by atoms with Crippen LogP contribution in [0.15, 0.2) is 35.3 Å². The van der Waals surface area contributed by atoms with Crippen LogP contribution in [0.1, 0.15) is 22.8 Å². The Morgan fingerprint density at radius 3 is 2.62 bits per heavy atom. The lowest BCUT2D eigenvalue weighted by Crippen LogP contribution is -2.22. The second kappa shape index (κ2) is 7.92. The van der Waals surface area contributed by atoms with Gasteiger partial charge in [-0.15, -0.1) is 24.0 Å². The third-order valence-electron chi connectivity index (χ3n) is 2.72. The van der Waals surface area contributed by atoms with E-state index in [2.05, 4.69) is 20.3 Å². The van der Waals surface area contributed by atoms with E-state index in [0.717, 1.165) is 22.9 Å². The van der Waals surface area contributed by atoms with Crippen molar-refractivity contribution in [3.05, 3.63) is 53.1 Å². The van der Waals surface area contributed by atoms with Gasteiger partial charge in [-0.3, -0.25) is 0 Å². The summed E-state index contributed by atoms with van der Waals surface area (Å²) in [7, 11) is 0. The fraction of sp³-hybridized carbons (Fsp3) is 0.267. The number of aromatic nitrogens is 2. The number of hydrogen-bond donors (Lipinski definition) is 2. The number of aryl methyl sites for hydroxylation is 3. The molecule has 0 saturated carbocycles. The molecule has 1 heterocycles. The van der Waals surface area contributed by atoms with Gasteiger partial charge in [-0.2, -0.15) is 0 Å². The van der Waals surface area contributed by atoms with Crippen LogP contribution in [0.25, 0.3) is 0 Å². The predicted molar refractivity (Wildman–Crippen MR) is 97.0 cm³/mol. The van der Waals surface area contributed by atoms with Gasteiger partial charge in [0.2, 0.25) is 0 Å². The molecule has 0 aliphatic rings. The molecule has 0 radical (unpaired) electrons. The second-order valence-corrected chi connectivity index (χ2v) is 4.74. The van der Waals surface area contributed by atoms with E-state index in [-0.39, 0.29) is 24.0 Å². The van der Waals surface area contributed by atoms with E-state index in [1.54, 1.807) is 0 Å². The number of anilines is 1. The SMILES string of the molecule is Cc1cccc(NC(N)=NCc2cc(C)nc(C)n2)c1.I. The lowest BCUT2D eigenvalue weighted by atomic mass is 10.2. The van der Waals surface area contributed by atoms with Crippen molar-refractivity contribution >= 4 is 35.6 Å². The highest BCUT2D eigenvalue weighted by Gasteiger charge is 1.99. The molecule has 0 aliphatic heterocycles. The zero-order valence-electron chi connectivity index (χ0n) is 12.4. The molecular formula is C15H20IN5. The van der Waals surface area contributed by atoms with E-state index in [4.69, 9.17) is 5.73 Å². The highest BCUT2D eigenvalue weighted by Crippen LogP contribution is 2.09. The van der Waals surface area contributed by atoms with Crippen LogP contribution in [-0.2, 0) is 6.54 Å². The number of rotatable bonds is 3. The van der Waals surface area contributed by atoms with E-state index in [9.17, 15) is 0 Å². The number of hydrogen-bond acceptors (Lipinski definition) is 3. The van der Waals surface area contributed by atoms with Crippen LogP contribution in [-0.4, -0.2) is 15.9 Å². The van der Waals surface area contributed by atoms with Gasteiger partial charge in [0, 0.05) is 11.4 Å². The van der Waals surface area contributed by atoms with E-state index in [1.807, 2.05) is 51.1 Å². The van der Waals surface area contributed by atoms with Crippen molar-refractivity contribution in [3.8, 4) is 0 Å². The van der Waals surface area contributed by atoms with Crippen molar-refractivity contribution in [2.24, 2.45) is 10.7 Å². The summed E-state index contributed by atoms with van der Waals surface area (Å²) in [5.74, 6) is 1.13. The number of halogens is 1. The summed E-state index contributed by atoms with van der Waals surface area (Å²) in [4.78, 5) is 12.9. The Balaban J connectivity index is 0.00000220. The number of guanidine groups is 1. The molecule has 3 N–H and O–H groups in total. The van der Waals surface area contributed by atoms with Crippen LogP contribution in [0.5, 0.6) is 0 Å². The maximum absolute atomic E-state index is 5.88. The second-order valence-electron chi connectivity index (χ2n) is 4.74. The van der Waals surface area contributed by atoms with Crippen molar-refractivity contribution < 1.29 is 0 Å². The summed E-state index contributed by atoms with van der Waals surface area (Å²) in [6.45, 7) is 6.28. The summed E-state index contributed by atoms with van der Waals surface area (Å²) in [5.41, 5.74) is 9.78. The minimum Gasteiger partial charge on any atom is -0.370 e. The van der Waals surface area contributed by atoms with Crippen LogP contribution in [0.3, 0.4) is 0 Å². The predicted octanol–water partition coefficient (Wildman–Crippen LogP) is 2.95. The van der Waals surface area contributed by atoms with E-state index >= 15 is 0 Å². The van der Waals surface area contributed by atoms with Gasteiger partial charge in [-0.25, -0.2) is 15.0 Å². The zero-order valence-corrected chi connectivity index (χ0v) is 14.8. The van der Waals surface area contributed by atoms with Gasteiger partial charge >= 0.3 is 0 Å². The average molecular weight is 397 g/mol. The molecule has 1 aromatic carbocycles. The lowest BCUT2D eigenvalue weighted by molar-refractivity contribution is 0.906. The number of benzene rings is 1. The standard InChI is InChI=1S/C15H19N5.HI/c1-10-5-4-6-13(7-10)20-15(16)17-9-14-8-11(2)18-12(3)19-14;/h4-8H,9H2,1-3H3,(H3,16,17,20);1H. The van der Waals surface area contributed by atoms with Gasteiger partial charge in [0.1, 0.15) is 5.82 Å². The maximum atomic E-state index is 5.88. The fourth-order valence-electron chi connectivity index (χ4n) is 1.95. The molecule has 0 spiro atoms. The molecule has 5 nitrogen and oxygen atoms in total. The van der Waals surface area contributed by atoms with Gasteiger partial charge in [0.25, 0.3) is 0 Å². The monoisotopic (exact) mass is 397 g/mol. The molecule has 0 bridgehead atoms. The van der Waals surface area contributed by atoms with Gasteiger partial charge < -0.3 is 11.1 Å². The molecule has 0 amide bonds. The van der Waals surface area contributed by atoms with Crippen LogP contribution in [0, 0.1) is 20.8 Å². The van der Waals surface area contributed by atoms with Crippen molar-refractivity contribution in [2.75, 3.05) is 5.32 Å². The quantitative estimate of drug-likeness (QED) is 0.475. The summed E-state index contributed by atoms with van der Waals surface area (Å²) in [5, 5.41) is 3.07. The minimum atomic E-state index is 0. The molecule has 6 heteroatoms. The molecule has 1 aromatic heterocycles. The summed E-state index contributed by atoms with van der Waals surface area (Å²) >= 11 is 0. The molecule has 2 aromatic rings. The van der Waals surface area contributed by atoms with Crippen LogP contribution < -0.4 is 11.1 Å². The first kappa shape index (κ1) is 17.4. The van der Waals surface area contributed by atoms with Crippen molar-refractivity contribution in [1.82, 2.24) is 9.97 Å². The number of nitrogens with two attached hydrogens (primary N) is 1. The van der Waals surface area contributed by atoms with E-state index in [1.165, 1.54) is 5.56 Å². The Morgan fingerprint density at radius 1 is 1.19 bits per heavy atom. The van der Waals surface area contributed by atoms with Crippen molar-refractivity contribution in [3.63, 3.8) is 0 Å². The summed E-state index contributed by atoms with van der Waals surface area (Å²) in [6.07, 6.45) is 0. The Morgan fingerprint density at radius 2 is 1.95 bits per heavy atom. The first-order valence-corrected chi connectivity index (χ1v) is 6.48. The zero-order chi connectivity index (χ0) is 14.5. The van der Waals surface area contributed by atoms with Gasteiger partial charge in [-0.05, 0) is 44.5 Å². The van der Waals surface area contributed by atoms with E-state index < -0.39 is 0 Å². The van der Waals surface area contributed by atoms with Gasteiger partial charge in [0.05, 0.1) is 12.2 Å². The lowest BCUT2D eigenvalue weighted by Gasteiger charge is -2.06. The highest BCUT2D eigenvalue weighted by molar-refractivity contribution is 14.0. The molecule has 21 heavy (non-hydrogen) atoms. The smallest absolute Gasteiger partial charge is 0.193 e.